The number of rotatable bonds is 2. The van der Waals surface area contributed by atoms with Crippen molar-refractivity contribution < 1.29 is 19.8 Å². The van der Waals surface area contributed by atoms with Crippen LogP contribution in [0.15, 0.2) is 23.2 Å². The molecule has 8 nitrogen and oxygen atoms in total. The Balaban J connectivity index is 0.000000141. The fraction of sp³-hybridized carbons (Fsp3) is 0.143. The molecule has 4 heterocycles. The van der Waals surface area contributed by atoms with Crippen LogP contribution in [0.1, 0.15) is 21.0 Å². The van der Waals surface area contributed by atoms with Gasteiger partial charge in [0, 0.05) is 14.1 Å². The molecule has 0 radical (unpaired) electrons. The minimum atomic E-state index is -0.914. The third-order valence-electron chi connectivity index (χ3n) is 3.48. The van der Waals surface area contributed by atoms with E-state index in [-0.39, 0.29) is 11.4 Å². The lowest BCUT2D eigenvalue weighted by molar-refractivity contribution is 0.0676. The minimum absolute atomic E-state index is 0.282. The van der Waals surface area contributed by atoms with Crippen LogP contribution in [0, 0.1) is 0 Å². The number of carboxylic acid groups (broad SMARTS) is 2. The normalized spacial score (nSPS) is 10.8. The van der Waals surface area contributed by atoms with Crippen molar-refractivity contribution in [2.75, 3.05) is 0 Å². The van der Waals surface area contributed by atoms with Gasteiger partial charge in [-0.1, -0.05) is 0 Å². The third kappa shape index (κ3) is 2.65. The average molecular weight is 364 g/mol. The molecule has 0 aliphatic carbocycles. The fourth-order valence-corrected chi connectivity index (χ4v) is 3.76. The van der Waals surface area contributed by atoms with Crippen LogP contribution in [-0.4, -0.2) is 41.3 Å². The Morgan fingerprint density at radius 2 is 1.25 bits per heavy atom. The van der Waals surface area contributed by atoms with E-state index in [2.05, 4.69) is 9.97 Å². The first-order chi connectivity index (χ1) is 11.4. The van der Waals surface area contributed by atoms with Gasteiger partial charge in [-0.2, -0.15) is 0 Å². The molecule has 10 heteroatoms. The standard InChI is InChI=1S/2C7H6N2O2S/c2*1-9-4(7(10)11)2-5-6(9)8-3-12-5/h2*2-3H,1H3,(H,10,11). The summed E-state index contributed by atoms with van der Waals surface area (Å²) in [5, 5.41) is 17.5. The Labute approximate surface area is 143 Å². The first kappa shape index (κ1) is 16.1. The third-order valence-corrected chi connectivity index (χ3v) is 5.01. The van der Waals surface area contributed by atoms with E-state index in [1.165, 1.54) is 22.7 Å². The average Bonchev–Trinajstić information content (AvgIpc) is 3.24. The molecule has 0 aliphatic heterocycles. The quantitative estimate of drug-likeness (QED) is 0.566. The van der Waals surface area contributed by atoms with Crippen LogP contribution in [0.5, 0.6) is 0 Å². The molecule has 0 aromatic carbocycles. The maximum atomic E-state index is 10.6. The molecule has 0 atom stereocenters. The Hall–Kier alpha value is -2.72. The molecule has 0 aliphatic rings. The molecular weight excluding hydrogens is 352 g/mol. The summed E-state index contributed by atoms with van der Waals surface area (Å²) in [7, 11) is 3.40. The molecule has 124 valence electrons. The van der Waals surface area contributed by atoms with E-state index < -0.39 is 11.9 Å². The zero-order valence-corrected chi connectivity index (χ0v) is 14.3. The van der Waals surface area contributed by atoms with Crippen LogP contribution < -0.4 is 0 Å². The molecule has 0 saturated heterocycles. The molecule has 4 aromatic rings. The van der Waals surface area contributed by atoms with Crippen LogP contribution in [0.25, 0.3) is 20.7 Å². The van der Waals surface area contributed by atoms with E-state index >= 15 is 0 Å². The van der Waals surface area contributed by atoms with E-state index in [1.807, 2.05) is 0 Å². The molecule has 4 rings (SSSR count). The van der Waals surface area contributed by atoms with Crippen molar-refractivity contribution in [1.82, 2.24) is 19.1 Å². The number of thiazole rings is 2. The van der Waals surface area contributed by atoms with Crippen molar-refractivity contribution in [1.29, 1.82) is 0 Å². The Morgan fingerprint density at radius 3 is 1.54 bits per heavy atom. The summed E-state index contributed by atoms with van der Waals surface area (Å²) in [5.41, 5.74) is 5.44. The van der Waals surface area contributed by atoms with Gasteiger partial charge in [0.1, 0.15) is 11.4 Å². The van der Waals surface area contributed by atoms with Gasteiger partial charge in [-0.25, -0.2) is 19.6 Å². The van der Waals surface area contributed by atoms with Gasteiger partial charge in [0.15, 0.2) is 11.3 Å². The molecule has 0 fully saturated rings. The van der Waals surface area contributed by atoms with Gasteiger partial charge in [-0.05, 0) is 12.1 Å². The molecule has 0 saturated carbocycles. The van der Waals surface area contributed by atoms with Crippen LogP contribution in [0.4, 0.5) is 0 Å². The monoisotopic (exact) mass is 364 g/mol. The second kappa shape index (κ2) is 6.06. The van der Waals surface area contributed by atoms with Crippen molar-refractivity contribution in [3.05, 3.63) is 34.5 Å². The fourth-order valence-electron chi connectivity index (χ4n) is 2.28. The molecule has 0 bridgehead atoms. The zero-order valence-electron chi connectivity index (χ0n) is 12.6. The molecule has 2 N–H and O–H groups in total. The topological polar surface area (TPSA) is 110 Å². The highest BCUT2D eigenvalue weighted by atomic mass is 32.1. The van der Waals surface area contributed by atoms with Gasteiger partial charge < -0.3 is 19.3 Å². The number of aromatic carboxylic acids is 2. The molecule has 0 unspecified atom stereocenters. The lowest BCUT2D eigenvalue weighted by atomic mass is 10.4. The first-order valence-electron chi connectivity index (χ1n) is 6.64. The number of fused-ring (bicyclic) bond motifs is 2. The molecule has 0 spiro atoms. The highest BCUT2D eigenvalue weighted by Gasteiger charge is 2.13. The Kier molecular flexibility index (Phi) is 4.08. The predicted molar refractivity (Wildman–Crippen MR) is 91.1 cm³/mol. The van der Waals surface area contributed by atoms with Gasteiger partial charge in [0.2, 0.25) is 0 Å². The minimum Gasteiger partial charge on any atom is -0.477 e. The van der Waals surface area contributed by atoms with E-state index in [1.54, 1.807) is 46.4 Å². The highest BCUT2D eigenvalue weighted by molar-refractivity contribution is 7.17. The Morgan fingerprint density at radius 1 is 0.875 bits per heavy atom. The zero-order chi connectivity index (χ0) is 17.4. The summed E-state index contributed by atoms with van der Waals surface area (Å²) in [5.74, 6) is -1.83. The molecule has 24 heavy (non-hydrogen) atoms. The van der Waals surface area contributed by atoms with Gasteiger partial charge in [-0.15, -0.1) is 22.7 Å². The number of carbonyl (C=O) groups is 2. The first-order valence-corrected chi connectivity index (χ1v) is 8.40. The number of carboxylic acids is 2. The van der Waals surface area contributed by atoms with Gasteiger partial charge in [0.25, 0.3) is 0 Å². The summed E-state index contributed by atoms with van der Waals surface area (Å²) < 4.78 is 4.98. The summed E-state index contributed by atoms with van der Waals surface area (Å²) in [4.78, 5) is 29.4. The van der Waals surface area contributed by atoms with E-state index in [9.17, 15) is 9.59 Å². The number of nitrogens with zero attached hydrogens (tertiary/aromatic N) is 4. The number of hydrogen-bond donors (Lipinski definition) is 2. The number of hydrogen-bond acceptors (Lipinski definition) is 6. The van der Waals surface area contributed by atoms with Crippen molar-refractivity contribution in [2.24, 2.45) is 14.1 Å². The van der Waals surface area contributed by atoms with Crippen LogP contribution in [-0.2, 0) is 14.1 Å². The summed E-state index contributed by atoms with van der Waals surface area (Å²) in [6.07, 6.45) is 0. The number of aromatic nitrogens is 4. The van der Waals surface area contributed by atoms with Gasteiger partial charge >= 0.3 is 11.9 Å². The van der Waals surface area contributed by atoms with Crippen molar-refractivity contribution in [2.45, 2.75) is 0 Å². The maximum Gasteiger partial charge on any atom is 0.352 e. The second-order valence-corrected chi connectivity index (χ2v) is 6.64. The molecule has 0 amide bonds. The van der Waals surface area contributed by atoms with Gasteiger partial charge in [-0.3, -0.25) is 0 Å². The largest absolute Gasteiger partial charge is 0.477 e. The lowest BCUT2D eigenvalue weighted by Crippen LogP contribution is -2.03. The summed E-state index contributed by atoms with van der Waals surface area (Å²) in [6.45, 7) is 0. The highest BCUT2D eigenvalue weighted by Crippen LogP contribution is 2.21. The molecule has 4 aromatic heterocycles. The van der Waals surface area contributed by atoms with Gasteiger partial charge in [0.05, 0.1) is 20.4 Å². The summed E-state index contributed by atoms with van der Waals surface area (Å²) in [6, 6.07) is 3.27. The van der Waals surface area contributed by atoms with Crippen LogP contribution >= 0.6 is 22.7 Å². The van der Waals surface area contributed by atoms with E-state index in [0.29, 0.717) is 0 Å². The maximum absolute atomic E-state index is 10.6. The van der Waals surface area contributed by atoms with Crippen LogP contribution in [0.3, 0.4) is 0 Å². The number of aryl methyl sites for hydroxylation is 2. The lowest BCUT2D eigenvalue weighted by Gasteiger charge is -1.94. The van der Waals surface area contributed by atoms with Crippen molar-refractivity contribution in [3.8, 4) is 0 Å². The smallest absolute Gasteiger partial charge is 0.352 e. The predicted octanol–water partition coefficient (Wildman–Crippen LogP) is 2.67. The van der Waals surface area contributed by atoms with Crippen LogP contribution in [0.2, 0.25) is 0 Å². The second-order valence-electron chi connectivity index (χ2n) is 4.87. The summed E-state index contributed by atoms with van der Waals surface area (Å²) >= 11 is 2.89. The van der Waals surface area contributed by atoms with E-state index in [0.717, 1.165) is 20.7 Å². The van der Waals surface area contributed by atoms with Crippen molar-refractivity contribution >= 4 is 55.3 Å². The van der Waals surface area contributed by atoms with Crippen molar-refractivity contribution in [3.63, 3.8) is 0 Å². The Bertz CT molecular complexity index is 971. The molecular formula is C14H12N4O4S2. The SMILES string of the molecule is Cn1c(C(=O)O)cc2scnc21.Cn1c(C(=O)O)cc2scnc21. The van der Waals surface area contributed by atoms with E-state index in [4.69, 9.17) is 10.2 Å².